The molecule has 0 saturated carbocycles. The minimum atomic E-state index is 0.176. The Morgan fingerprint density at radius 1 is 1.45 bits per heavy atom. The van der Waals surface area contributed by atoms with Gasteiger partial charge in [-0.1, -0.05) is 11.2 Å². The van der Waals surface area contributed by atoms with E-state index in [1.54, 1.807) is 7.11 Å². The van der Waals surface area contributed by atoms with Crippen LogP contribution in [0.2, 0.25) is 0 Å². The van der Waals surface area contributed by atoms with Crippen LogP contribution < -0.4 is 15.2 Å². The molecule has 1 aromatic carbocycles. The fourth-order valence-electron chi connectivity index (χ4n) is 2.39. The van der Waals surface area contributed by atoms with Gasteiger partial charge in [0.25, 0.3) is 0 Å². The predicted octanol–water partition coefficient (Wildman–Crippen LogP) is 2.48. The lowest BCUT2D eigenvalue weighted by Crippen LogP contribution is -2.23. The van der Waals surface area contributed by atoms with E-state index in [1.807, 2.05) is 30.0 Å². The van der Waals surface area contributed by atoms with E-state index >= 15 is 0 Å². The summed E-state index contributed by atoms with van der Waals surface area (Å²) in [7, 11) is 1.63. The summed E-state index contributed by atoms with van der Waals surface area (Å²) in [5.74, 6) is 4.39. The topological polar surface area (TPSA) is 83.4 Å². The molecule has 1 unspecified atom stereocenters. The van der Waals surface area contributed by atoms with Crippen molar-refractivity contribution in [3.05, 3.63) is 24.1 Å². The van der Waals surface area contributed by atoms with Gasteiger partial charge in [0.05, 0.1) is 19.2 Å². The van der Waals surface area contributed by atoms with E-state index in [1.165, 1.54) is 12.2 Å². The molecule has 2 aromatic rings. The van der Waals surface area contributed by atoms with Crippen LogP contribution >= 0.6 is 11.8 Å². The first-order valence-electron chi connectivity index (χ1n) is 7.26. The molecular weight excluding hydrogens is 302 g/mol. The molecule has 1 aromatic heterocycles. The van der Waals surface area contributed by atoms with Gasteiger partial charge < -0.3 is 19.7 Å². The second kappa shape index (κ2) is 7.02. The van der Waals surface area contributed by atoms with Crippen molar-refractivity contribution in [2.45, 2.75) is 25.5 Å². The van der Waals surface area contributed by atoms with Crippen LogP contribution in [0.5, 0.6) is 11.5 Å². The molecule has 0 amide bonds. The number of rotatable bonds is 5. The highest BCUT2D eigenvalue weighted by Crippen LogP contribution is 2.38. The standard InChI is InChI=1S/C15H19N3O3S/c1-19-12-6-2-5-11(15-17-13(8-16)21-18-15)14(12)20-10-4-3-7-22-9-10/h2,5-6,10H,3-4,7-9,16H2,1H3. The Balaban J connectivity index is 1.94. The Labute approximate surface area is 133 Å². The van der Waals surface area contributed by atoms with Crippen LogP contribution in [0.4, 0.5) is 0 Å². The monoisotopic (exact) mass is 321 g/mol. The number of aromatic nitrogens is 2. The van der Waals surface area contributed by atoms with Gasteiger partial charge in [-0.05, 0) is 30.7 Å². The van der Waals surface area contributed by atoms with Gasteiger partial charge in [-0.2, -0.15) is 16.7 Å². The van der Waals surface area contributed by atoms with Gasteiger partial charge in [-0.3, -0.25) is 0 Å². The Morgan fingerprint density at radius 2 is 2.36 bits per heavy atom. The van der Waals surface area contributed by atoms with Gasteiger partial charge in [0.1, 0.15) is 6.10 Å². The Hall–Kier alpha value is -1.73. The summed E-state index contributed by atoms with van der Waals surface area (Å²) in [6.45, 7) is 0.215. The summed E-state index contributed by atoms with van der Waals surface area (Å²) >= 11 is 1.91. The highest BCUT2D eigenvalue weighted by molar-refractivity contribution is 7.99. The van der Waals surface area contributed by atoms with Gasteiger partial charge in [-0.25, -0.2) is 0 Å². The highest BCUT2D eigenvalue weighted by Gasteiger charge is 2.22. The molecule has 1 saturated heterocycles. The van der Waals surface area contributed by atoms with E-state index in [0.29, 0.717) is 23.2 Å². The molecule has 1 aliphatic heterocycles. The minimum absolute atomic E-state index is 0.176. The lowest BCUT2D eigenvalue weighted by molar-refractivity contribution is 0.203. The lowest BCUT2D eigenvalue weighted by atomic mass is 10.1. The number of nitrogens with two attached hydrogens (primary N) is 1. The van der Waals surface area contributed by atoms with Crippen LogP contribution in [0.15, 0.2) is 22.7 Å². The predicted molar refractivity (Wildman–Crippen MR) is 85.2 cm³/mol. The van der Waals surface area contributed by atoms with Crippen LogP contribution in [-0.2, 0) is 6.54 Å². The molecule has 118 valence electrons. The average molecular weight is 321 g/mol. The number of hydrogen-bond acceptors (Lipinski definition) is 7. The third kappa shape index (κ3) is 3.20. The van der Waals surface area contributed by atoms with E-state index in [9.17, 15) is 0 Å². The molecule has 0 radical (unpaired) electrons. The molecular formula is C15H19N3O3S. The first-order chi connectivity index (χ1) is 10.8. The van der Waals surface area contributed by atoms with Crippen molar-refractivity contribution in [3.8, 4) is 22.9 Å². The molecule has 2 N–H and O–H groups in total. The second-order valence-corrected chi connectivity index (χ2v) is 6.16. The molecule has 1 atom stereocenters. The summed E-state index contributed by atoms with van der Waals surface area (Å²) in [6, 6.07) is 5.66. The highest BCUT2D eigenvalue weighted by atomic mass is 32.2. The second-order valence-electron chi connectivity index (χ2n) is 5.01. The zero-order valence-electron chi connectivity index (χ0n) is 12.4. The summed E-state index contributed by atoms with van der Waals surface area (Å²) in [5, 5.41) is 3.98. The van der Waals surface area contributed by atoms with Crippen molar-refractivity contribution in [1.29, 1.82) is 0 Å². The van der Waals surface area contributed by atoms with Crippen molar-refractivity contribution in [1.82, 2.24) is 10.1 Å². The summed E-state index contributed by atoms with van der Waals surface area (Å²) in [5.41, 5.74) is 6.29. The molecule has 3 rings (SSSR count). The minimum Gasteiger partial charge on any atom is -0.493 e. The summed E-state index contributed by atoms with van der Waals surface area (Å²) in [4.78, 5) is 4.28. The van der Waals surface area contributed by atoms with Gasteiger partial charge in [-0.15, -0.1) is 0 Å². The van der Waals surface area contributed by atoms with Crippen LogP contribution in [0.3, 0.4) is 0 Å². The van der Waals surface area contributed by atoms with Crippen molar-refractivity contribution in [3.63, 3.8) is 0 Å². The van der Waals surface area contributed by atoms with Gasteiger partial charge in [0.2, 0.25) is 11.7 Å². The molecule has 22 heavy (non-hydrogen) atoms. The van der Waals surface area contributed by atoms with E-state index in [-0.39, 0.29) is 12.6 Å². The maximum atomic E-state index is 6.21. The average Bonchev–Trinajstić information content (AvgIpc) is 3.05. The maximum absolute atomic E-state index is 6.21. The number of methoxy groups -OCH3 is 1. The quantitative estimate of drug-likeness (QED) is 0.905. The summed E-state index contributed by atoms with van der Waals surface area (Å²) < 4.78 is 16.7. The fourth-order valence-corrected chi connectivity index (χ4v) is 3.43. The van der Waals surface area contributed by atoms with Gasteiger partial charge in [0.15, 0.2) is 11.5 Å². The third-order valence-corrected chi connectivity index (χ3v) is 4.67. The molecule has 1 aliphatic rings. The van der Waals surface area contributed by atoms with Crippen LogP contribution in [0, 0.1) is 0 Å². The lowest BCUT2D eigenvalue weighted by Gasteiger charge is -2.24. The Morgan fingerprint density at radius 3 is 3.05 bits per heavy atom. The summed E-state index contributed by atoms with van der Waals surface area (Å²) in [6.07, 6.45) is 2.39. The SMILES string of the molecule is COc1cccc(-c2noc(CN)n2)c1OC1CCCSC1. The molecule has 6 nitrogen and oxygen atoms in total. The number of thioether (sulfide) groups is 1. The van der Waals surface area contributed by atoms with E-state index in [2.05, 4.69) is 10.1 Å². The van der Waals surface area contributed by atoms with Crippen molar-refractivity contribution in [2.24, 2.45) is 5.73 Å². The van der Waals surface area contributed by atoms with Crippen molar-refractivity contribution < 1.29 is 14.0 Å². The third-order valence-electron chi connectivity index (χ3n) is 3.49. The molecule has 0 bridgehead atoms. The van der Waals surface area contributed by atoms with E-state index < -0.39 is 0 Å². The van der Waals surface area contributed by atoms with Crippen LogP contribution in [0.1, 0.15) is 18.7 Å². The molecule has 1 fully saturated rings. The molecule has 7 heteroatoms. The Kier molecular flexibility index (Phi) is 4.84. The zero-order chi connectivity index (χ0) is 15.4. The first-order valence-corrected chi connectivity index (χ1v) is 8.41. The number of hydrogen-bond donors (Lipinski definition) is 1. The van der Waals surface area contributed by atoms with Crippen LogP contribution in [0.25, 0.3) is 11.4 Å². The number of benzene rings is 1. The Bertz CT molecular complexity index is 626. The van der Waals surface area contributed by atoms with Crippen molar-refractivity contribution >= 4 is 11.8 Å². The molecule has 0 aliphatic carbocycles. The van der Waals surface area contributed by atoms with Gasteiger partial charge in [0, 0.05) is 5.75 Å². The van der Waals surface area contributed by atoms with E-state index in [0.717, 1.165) is 17.7 Å². The van der Waals surface area contributed by atoms with Gasteiger partial charge >= 0.3 is 0 Å². The number of ether oxygens (including phenoxy) is 2. The van der Waals surface area contributed by atoms with E-state index in [4.69, 9.17) is 19.7 Å². The smallest absolute Gasteiger partial charge is 0.240 e. The first kappa shape index (κ1) is 15.2. The normalized spacial score (nSPS) is 18.2. The van der Waals surface area contributed by atoms with Crippen molar-refractivity contribution in [2.75, 3.05) is 18.6 Å². The molecule has 0 spiro atoms. The van der Waals surface area contributed by atoms with Crippen LogP contribution in [-0.4, -0.2) is 34.9 Å². The number of para-hydroxylation sites is 1. The zero-order valence-corrected chi connectivity index (χ0v) is 13.3. The molecule has 2 heterocycles. The maximum Gasteiger partial charge on any atom is 0.240 e. The fraction of sp³-hybridized carbons (Fsp3) is 0.467. The largest absolute Gasteiger partial charge is 0.493 e. The number of nitrogens with zero attached hydrogens (tertiary/aromatic N) is 2.